The lowest BCUT2D eigenvalue weighted by Crippen LogP contribution is -2.45. The van der Waals surface area contributed by atoms with Gasteiger partial charge < -0.3 is 19.4 Å². The molecule has 1 N–H and O–H groups in total. The number of rotatable bonds is 6. The van der Waals surface area contributed by atoms with Crippen LogP contribution in [0.1, 0.15) is 25.6 Å². The molecule has 2 aliphatic rings. The second-order valence-electron chi connectivity index (χ2n) is 6.83. The Labute approximate surface area is 168 Å². The summed E-state index contributed by atoms with van der Waals surface area (Å²) in [4.78, 5) is 12.8. The number of nitrogens with zero attached hydrogens (tertiary/aromatic N) is 4. The van der Waals surface area contributed by atoms with Crippen LogP contribution in [-0.4, -0.2) is 59.2 Å². The van der Waals surface area contributed by atoms with Crippen molar-refractivity contribution in [3.8, 4) is 11.5 Å². The standard InChI is InChI=1S/C18H23N5O5S/c1-2-22-12-20-21-17(22)11-19-18(24)14-4-3-7-23(14)29(25,26)13-5-6-15-16(10-13)28-9-8-27-15/h5-6,10,12,14H,2-4,7-9,11H2,1H3,(H,19,24). The minimum absolute atomic E-state index is 0.0900. The zero-order valence-corrected chi connectivity index (χ0v) is 16.9. The van der Waals surface area contributed by atoms with Crippen molar-refractivity contribution >= 4 is 15.9 Å². The highest BCUT2D eigenvalue weighted by Crippen LogP contribution is 2.34. The van der Waals surface area contributed by atoms with E-state index in [4.69, 9.17) is 9.47 Å². The van der Waals surface area contributed by atoms with E-state index in [0.717, 1.165) is 0 Å². The van der Waals surface area contributed by atoms with E-state index in [0.29, 0.717) is 56.5 Å². The first-order chi connectivity index (χ1) is 14.0. The van der Waals surface area contributed by atoms with Crippen LogP contribution in [0.25, 0.3) is 0 Å². The first-order valence-corrected chi connectivity index (χ1v) is 11.0. The number of carbonyl (C=O) groups is 1. The molecule has 11 heteroatoms. The van der Waals surface area contributed by atoms with Crippen LogP contribution in [0.4, 0.5) is 0 Å². The second-order valence-corrected chi connectivity index (χ2v) is 8.72. The molecule has 1 fully saturated rings. The quantitative estimate of drug-likeness (QED) is 0.724. The summed E-state index contributed by atoms with van der Waals surface area (Å²) >= 11 is 0. The first kappa shape index (κ1) is 19.6. The van der Waals surface area contributed by atoms with Crippen molar-refractivity contribution in [3.05, 3.63) is 30.4 Å². The van der Waals surface area contributed by atoms with Gasteiger partial charge in [0, 0.05) is 19.2 Å². The predicted octanol–water partition coefficient (Wildman–Crippen LogP) is 0.539. The number of ether oxygens (including phenoxy) is 2. The van der Waals surface area contributed by atoms with Crippen molar-refractivity contribution in [2.75, 3.05) is 19.8 Å². The number of benzene rings is 1. The number of fused-ring (bicyclic) bond motifs is 1. The maximum absolute atomic E-state index is 13.2. The lowest BCUT2D eigenvalue weighted by atomic mass is 10.2. The zero-order valence-electron chi connectivity index (χ0n) is 16.1. The minimum Gasteiger partial charge on any atom is -0.486 e. The predicted molar refractivity (Wildman–Crippen MR) is 102 cm³/mol. The van der Waals surface area contributed by atoms with Gasteiger partial charge in [0.05, 0.1) is 11.4 Å². The van der Waals surface area contributed by atoms with Crippen LogP contribution in [0.5, 0.6) is 11.5 Å². The van der Waals surface area contributed by atoms with Crippen molar-refractivity contribution in [1.29, 1.82) is 0 Å². The summed E-state index contributed by atoms with van der Waals surface area (Å²) in [5.74, 6) is 1.21. The van der Waals surface area contributed by atoms with Crippen LogP contribution < -0.4 is 14.8 Å². The van der Waals surface area contributed by atoms with Crippen LogP contribution in [0, 0.1) is 0 Å². The lowest BCUT2D eigenvalue weighted by Gasteiger charge is -2.24. The summed E-state index contributed by atoms with van der Waals surface area (Å²) in [6.45, 7) is 3.92. The molecule has 1 aromatic carbocycles. The summed E-state index contributed by atoms with van der Waals surface area (Å²) in [5, 5.41) is 10.6. The van der Waals surface area contributed by atoms with Crippen molar-refractivity contribution in [2.45, 2.75) is 43.8 Å². The summed E-state index contributed by atoms with van der Waals surface area (Å²) in [6.07, 6.45) is 2.68. The molecule has 1 aromatic heterocycles. The molecular weight excluding hydrogens is 398 g/mol. The van der Waals surface area contributed by atoms with Crippen molar-refractivity contribution < 1.29 is 22.7 Å². The number of aromatic nitrogens is 3. The summed E-state index contributed by atoms with van der Waals surface area (Å²) in [5.41, 5.74) is 0. The molecule has 1 atom stereocenters. The van der Waals surface area contributed by atoms with Gasteiger partial charge in [-0.25, -0.2) is 8.42 Å². The molecule has 10 nitrogen and oxygen atoms in total. The van der Waals surface area contributed by atoms with E-state index in [-0.39, 0.29) is 17.3 Å². The number of carbonyl (C=O) groups excluding carboxylic acids is 1. The molecule has 0 aliphatic carbocycles. The molecule has 0 saturated carbocycles. The van der Waals surface area contributed by atoms with Crippen LogP contribution in [0.15, 0.2) is 29.4 Å². The van der Waals surface area contributed by atoms with Crippen LogP contribution in [-0.2, 0) is 27.9 Å². The van der Waals surface area contributed by atoms with Crippen LogP contribution >= 0.6 is 0 Å². The van der Waals surface area contributed by atoms with E-state index in [9.17, 15) is 13.2 Å². The maximum atomic E-state index is 13.2. The van der Waals surface area contributed by atoms with Crippen LogP contribution in [0.2, 0.25) is 0 Å². The van der Waals surface area contributed by atoms with Crippen molar-refractivity contribution in [1.82, 2.24) is 24.4 Å². The van der Waals surface area contributed by atoms with Crippen molar-refractivity contribution in [3.63, 3.8) is 0 Å². The van der Waals surface area contributed by atoms with E-state index < -0.39 is 16.1 Å². The summed E-state index contributed by atoms with van der Waals surface area (Å²) in [7, 11) is -3.85. The number of hydrogen-bond acceptors (Lipinski definition) is 7. The fourth-order valence-corrected chi connectivity index (χ4v) is 5.25. The highest BCUT2D eigenvalue weighted by atomic mass is 32.2. The van der Waals surface area contributed by atoms with E-state index >= 15 is 0 Å². The average molecular weight is 421 g/mol. The van der Waals surface area contributed by atoms with Gasteiger partial charge in [0.1, 0.15) is 25.6 Å². The third kappa shape index (κ3) is 3.79. The molecule has 0 radical (unpaired) electrons. The van der Waals surface area contributed by atoms with Gasteiger partial charge >= 0.3 is 0 Å². The Balaban J connectivity index is 1.50. The third-order valence-electron chi connectivity index (χ3n) is 5.08. The Morgan fingerprint density at radius 3 is 2.86 bits per heavy atom. The highest BCUT2D eigenvalue weighted by Gasteiger charge is 2.39. The van der Waals surface area contributed by atoms with Gasteiger partial charge in [-0.1, -0.05) is 0 Å². The van der Waals surface area contributed by atoms with Crippen molar-refractivity contribution in [2.24, 2.45) is 0 Å². The van der Waals surface area contributed by atoms with E-state index in [1.165, 1.54) is 16.4 Å². The van der Waals surface area contributed by atoms with Gasteiger partial charge in [0.25, 0.3) is 0 Å². The summed E-state index contributed by atoms with van der Waals surface area (Å²) < 4.78 is 40.4. The maximum Gasteiger partial charge on any atom is 0.243 e. The topological polar surface area (TPSA) is 116 Å². The monoisotopic (exact) mass is 421 g/mol. The number of hydrogen-bond donors (Lipinski definition) is 1. The lowest BCUT2D eigenvalue weighted by molar-refractivity contribution is -0.124. The van der Waals surface area contributed by atoms with Gasteiger partial charge in [-0.05, 0) is 31.9 Å². The average Bonchev–Trinajstić information content (AvgIpc) is 3.41. The van der Waals surface area contributed by atoms with Gasteiger partial charge in [-0.2, -0.15) is 4.31 Å². The van der Waals surface area contributed by atoms with E-state index in [2.05, 4.69) is 15.5 Å². The molecule has 0 spiro atoms. The normalized spacial score (nSPS) is 19.3. The number of sulfonamides is 1. The number of amides is 1. The molecule has 29 heavy (non-hydrogen) atoms. The van der Waals surface area contributed by atoms with Gasteiger partial charge in [-0.3, -0.25) is 4.79 Å². The Kier molecular flexibility index (Phi) is 5.41. The smallest absolute Gasteiger partial charge is 0.243 e. The first-order valence-electron chi connectivity index (χ1n) is 9.56. The summed E-state index contributed by atoms with van der Waals surface area (Å²) in [6, 6.07) is 3.77. The Hall–Kier alpha value is -2.66. The molecule has 2 aromatic rings. The second kappa shape index (κ2) is 7.99. The van der Waals surface area contributed by atoms with Gasteiger partial charge in [0.2, 0.25) is 15.9 Å². The van der Waals surface area contributed by atoms with Gasteiger partial charge in [-0.15, -0.1) is 10.2 Å². The third-order valence-corrected chi connectivity index (χ3v) is 6.99. The molecule has 3 heterocycles. The Morgan fingerprint density at radius 1 is 1.28 bits per heavy atom. The fourth-order valence-electron chi connectivity index (χ4n) is 3.57. The molecule has 1 saturated heterocycles. The Morgan fingerprint density at radius 2 is 2.07 bits per heavy atom. The molecule has 1 unspecified atom stereocenters. The molecule has 156 valence electrons. The van der Waals surface area contributed by atoms with E-state index in [1.807, 2.05) is 11.5 Å². The zero-order chi connectivity index (χ0) is 20.4. The highest BCUT2D eigenvalue weighted by molar-refractivity contribution is 7.89. The van der Waals surface area contributed by atoms with Crippen LogP contribution in [0.3, 0.4) is 0 Å². The Bertz CT molecular complexity index is 1010. The molecular formula is C18H23N5O5S. The fraction of sp³-hybridized carbons (Fsp3) is 0.500. The largest absolute Gasteiger partial charge is 0.486 e. The molecule has 0 bridgehead atoms. The van der Waals surface area contributed by atoms with Gasteiger partial charge in [0.15, 0.2) is 17.3 Å². The molecule has 4 rings (SSSR count). The molecule has 1 amide bonds. The number of nitrogens with one attached hydrogen (secondary N) is 1. The number of aryl methyl sites for hydroxylation is 1. The minimum atomic E-state index is -3.85. The van der Waals surface area contributed by atoms with E-state index in [1.54, 1.807) is 12.4 Å². The SMILES string of the molecule is CCn1cnnc1CNC(=O)C1CCCN1S(=O)(=O)c1ccc2c(c1)OCCO2. The molecule has 2 aliphatic heterocycles.